The molecule has 2 atom stereocenters. The summed E-state index contributed by atoms with van der Waals surface area (Å²) in [6.07, 6.45) is 7.02. The predicted molar refractivity (Wildman–Crippen MR) is 78.6 cm³/mol. The van der Waals surface area contributed by atoms with E-state index in [0.717, 1.165) is 35.9 Å². The second-order valence-electron chi connectivity index (χ2n) is 7.27. The predicted octanol–water partition coefficient (Wildman–Crippen LogP) is 2.92. The Morgan fingerprint density at radius 3 is 2.21 bits per heavy atom. The van der Waals surface area contributed by atoms with E-state index in [1.807, 2.05) is 0 Å². The van der Waals surface area contributed by atoms with E-state index in [9.17, 15) is 0 Å². The molecule has 0 aromatic heterocycles. The van der Waals surface area contributed by atoms with Gasteiger partial charge in [-0.1, -0.05) is 12.1 Å². The van der Waals surface area contributed by atoms with Gasteiger partial charge in [0.25, 0.3) is 0 Å². The highest BCUT2D eigenvalue weighted by molar-refractivity contribution is 5.42. The molecule has 0 radical (unpaired) electrons. The van der Waals surface area contributed by atoms with Crippen LogP contribution in [0.3, 0.4) is 0 Å². The summed E-state index contributed by atoms with van der Waals surface area (Å²) < 4.78 is 0. The molecule has 0 saturated heterocycles. The van der Waals surface area contributed by atoms with Crippen molar-refractivity contribution in [2.75, 3.05) is 12.3 Å². The van der Waals surface area contributed by atoms with Crippen molar-refractivity contribution in [3.8, 4) is 0 Å². The van der Waals surface area contributed by atoms with Crippen molar-refractivity contribution in [1.29, 1.82) is 0 Å². The number of nitrogens with two attached hydrogens (primary N) is 2. The van der Waals surface area contributed by atoms with Crippen LogP contribution in [0.25, 0.3) is 0 Å². The second kappa shape index (κ2) is 3.99. The van der Waals surface area contributed by atoms with Crippen molar-refractivity contribution < 1.29 is 0 Å². The van der Waals surface area contributed by atoms with Crippen molar-refractivity contribution in [2.24, 2.45) is 29.4 Å². The van der Waals surface area contributed by atoms with Gasteiger partial charge in [0.05, 0.1) is 0 Å². The minimum atomic E-state index is 0.454. The van der Waals surface area contributed by atoms with Gasteiger partial charge in [-0.2, -0.15) is 0 Å². The first kappa shape index (κ1) is 11.8. The zero-order valence-electron chi connectivity index (χ0n) is 11.5. The van der Waals surface area contributed by atoms with Crippen LogP contribution in [0.2, 0.25) is 0 Å². The zero-order chi connectivity index (χ0) is 13.0. The van der Waals surface area contributed by atoms with Gasteiger partial charge in [-0.3, -0.25) is 0 Å². The van der Waals surface area contributed by atoms with E-state index >= 15 is 0 Å². The molecule has 2 nitrogen and oxygen atoms in total. The van der Waals surface area contributed by atoms with Gasteiger partial charge in [-0.15, -0.1) is 0 Å². The van der Waals surface area contributed by atoms with Crippen LogP contribution in [0, 0.1) is 23.7 Å². The van der Waals surface area contributed by atoms with Crippen LogP contribution in [0.15, 0.2) is 24.3 Å². The Bertz CT molecular complexity index is 463. The molecular weight excluding hydrogens is 232 g/mol. The highest BCUT2D eigenvalue weighted by Crippen LogP contribution is 2.62. The van der Waals surface area contributed by atoms with Crippen LogP contribution in [0.4, 0.5) is 5.69 Å². The number of nitrogen functional groups attached to an aromatic ring is 1. The molecule has 2 heteroatoms. The average Bonchev–Trinajstić information content (AvgIpc) is 2.38. The van der Waals surface area contributed by atoms with E-state index < -0.39 is 0 Å². The Morgan fingerprint density at radius 1 is 1.00 bits per heavy atom. The number of benzene rings is 1. The Kier molecular flexibility index (Phi) is 2.47. The molecule has 0 aliphatic heterocycles. The van der Waals surface area contributed by atoms with Crippen LogP contribution in [-0.2, 0) is 5.41 Å². The normalized spacial score (nSPS) is 43.6. The highest BCUT2D eigenvalue weighted by atomic mass is 14.7. The summed E-state index contributed by atoms with van der Waals surface area (Å²) in [6.45, 7) is 0.903. The molecule has 4 aliphatic rings. The third kappa shape index (κ3) is 1.66. The summed E-state index contributed by atoms with van der Waals surface area (Å²) in [5, 5.41) is 0. The van der Waals surface area contributed by atoms with E-state index in [1.165, 1.54) is 37.7 Å². The first-order chi connectivity index (χ1) is 9.20. The smallest absolute Gasteiger partial charge is 0.0314 e. The molecule has 4 bridgehead atoms. The lowest BCUT2D eigenvalue weighted by Gasteiger charge is -2.60. The quantitative estimate of drug-likeness (QED) is 0.799. The molecule has 1 aromatic rings. The molecular formula is C17H24N2. The fraction of sp³-hybridized carbons (Fsp3) is 0.647. The fourth-order valence-corrected chi connectivity index (χ4v) is 5.70. The summed E-state index contributed by atoms with van der Waals surface area (Å²) >= 11 is 0. The first-order valence-electron chi connectivity index (χ1n) is 7.76. The second-order valence-corrected chi connectivity index (χ2v) is 7.27. The molecule has 2 unspecified atom stereocenters. The van der Waals surface area contributed by atoms with E-state index in [0.29, 0.717) is 5.41 Å². The number of rotatable bonds is 2. The zero-order valence-corrected chi connectivity index (χ0v) is 11.5. The first-order valence-corrected chi connectivity index (χ1v) is 7.76. The molecule has 4 aliphatic carbocycles. The van der Waals surface area contributed by atoms with Gasteiger partial charge in [0, 0.05) is 5.69 Å². The van der Waals surface area contributed by atoms with Crippen LogP contribution in [0.5, 0.6) is 0 Å². The lowest BCUT2D eigenvalue weighted by Crippen LogP contribution is -2.54. The van der Waals surface area contributed by atoms with Gasteiger partial charge in [-0.25, -0.2) is 0 Å². The highest BCUT2D eigenvalue weighted by Gasteiger charge is 2.55. The summed E-state index contributed by atoms with van der Waals surface area (Å²) in [5.74, 6) is 3.53. The molecule has 0 spiro atoms. The largest absolute Gasteiger partial charge is 0.399 e. The lowest BCUT2D eigenvalue weighted by molar-refractivity contribution is -0.0523. The lowest BCUT2D eigenvalue weighted by atomic mass is 9.45. The molecule has 0 heterocycles. The maximum Gasteiger partial charge on any atom is 0.0314 e. The average molecular weight is 256 g/mol. The molecule has 4 fully saturated rings. The topological polar surface area (TPSA) is 52.0 Å². The van der Waals surface area contributed by atoms with Crippen LogP contribution >= 0.6 is 0 Å². The van der Waals surface area contributed by atoms with Gasteiger partial charge >= 0.3 is 0 Å². The Balaban J connectivity index is 1.71. The van der Waals surface area contributed by atoms with E-state index in [1.54, 1.807) is 0 Å². The monoisotopic (exact) mass is 256 g/mol. The van der Waals surface area contributed by atoms with Crippen molar-refractivity contribution in [1.82, 2.24) is 0 Å². The maximum absolute atomic E-state index is 6.04. The van der Waals surface area contributed by atoms with E-state index in [4.69, 9.17) is 11.5 Å². The molecule has 4 saturated carbocycles. The summed E-state index contributed by atoms with van der Waals surface area (Å²) in [4.78, 5) is 0. The van der Waals surface area contributed by atoms with Gasteiger partial charge in [0.1, 0.15) is 0 Å². The maximum atomic E-state index is 6.04. The van der Waals surface area contributed by atoms with Crippen LogP contribution in [0.1, 0.15) is 37.7 Å². The van der Waals surface area contributed by atoms with Crippen molar-refractivity contribution >= 4 is 5.69 Å². The fourth-order valence-electron chi connectivity index (χ4n) is 5.70. The molecule has 5 rings (SSSR count). The Labute approximate surface area is 115 Å². The number of hydrogen-bond donors (Lipinski definition) is 2. The molecule has 4 N–H and O–H groups in total. The van der Waals surface area contributed by atoms with Gasteiger partial charge in [0.15, 0.2) is 0 Å². The molecule has 19 heavy (non-hydrogen) atoms. The molecule has 102 valence electrons. The molecule has 1 aromatic carbocycles. The summed E-state index contributed by atoms with van der Waals surface area (Å²) in [5.41, 5.74) is 14.8. The minimum absolute atomic E-state index is 0.454. The van der Waals surface area contributed by atoms with Crippen molar-refractivity contribution in [2.45, 2.75) is 37.5 Å². The van der Waals surface area contributed by atoms with Crippen molar-refractivity contribution in [3.05, 3.63) is 29.8 Å². The van der Waals surface area contributed by atoms with Gasteiger partial charge < -0.3 is 11.5 Å². The number of anilines is 1. The SMILES string of the molecule is NCC1C2CC3CC1CC(c1ccc(N)cc1)(C3)C2. The van der Waals surface area contributed by atoms with Gasteiger partial charge in [0.2, 0.25) is 0 Å². The minimum Gasteiger partial charge on any atom is -0.399 e. The number of hydrogen-bond acceptors (Lipinski definition) is 2. The third-order valence-electron chi connectivity index (χ3n) is 6.26. The summed E-state index contributed by atoms with van der Waals surface area (Å²) in [6, 6.07) is 8.71. The Morgan fingerprint density at radius 2 is 1.63 bits per heavy atom. The summed E-state index contributed by atoms with van der Waals surface area (Å²) in [7, 11) is 0. The third-order valence-corrected chi connectivity index (χ3v) is 6.26. The van der Waals surface area contributed by atoms with E-state index in [2.05, 4.69) is 24.3 Å². The molecule has 0 amide bonds. The van der Waals surface area contributed by atoms with E-state index in [-0.39, 0.29) is 0 Å². The van der Waals surface area contributed by atoms with Crippen molar-refractivity contribution in [3.63, 3.8) is 0 Å². The van der Waals surface area contributed by atoms with Gasteiger partial charge in [-0.05, 0) is 85.4 Å². The Hall–Kier alpha value is -1.02. The van der Waals surface area contributed by atoms with Crippen LogP contribution < -0.4 is 11.5 Å². The standard InChI is InChI=1S/C17H24N2/c18-10-16-12-5-11-6-13(16)9-17(7-11,8-12)14-1-3-15(19)4-2-14/h1-4,11-13,16H,5-10,18-19H2. The van der Waals surface area contributed by atoms with Crippen LogP contribution in [-0.4, -0.2) is 6.54 Å².